The van der Waals surface area contributed by atoms with E-state index >= 15 is 0 Å². The van der Waals surface area contributed by atoms with Crippen molar-refractivity contribution in [3.63, 3.8) is 0 Å². The Kier molecular flexibility index (Phi) is 23.7. The highest BCUT2D eigenvalue weighted by Crippen LogP contribution is 2.05. The number of amides is 1. The van der Waals surface area contributed by atoms with Crippen LogP contribution in [0.1, 0.15) is 54.4 Å². The molecule has 1 aliphatic rings. The SMILES string of the molecule is CC(C)C.CC(C)C.O=C(O)O.O=C(O)O.O=C1CCC(C(=O)O)N1. The maximum Gasteiger partial charge on any atom is 0.503 e. The molecule has 0 radical (unpaired) electrons. The minimum Gasteiger partial charge on any atom is -0.480 e. The lowest BCUT2D eigenvalue weighted by molar-refractivity contribution is -0.140. The van der Waals surface area contributed by atoms with Gasteiger partial charge < -0.3 is 30.8 Å². The highest BCUT2D eigenvalue weighted by Gasteiger charge is 2.26. The van der Waals surface area contributed by atoms with Crippen molar-refractivity contribution < 1.29 is 44.7 Å². The van der Waals surface area contributed by atoms with Crippen LogP contribution in [-0.4, -0.2) is 55.8 Å². The summed E-state index contributed by atoms with van der Waals surface area (Å²) in [5.74, 6) is 0.559. The van der Waals surface area contributed by atoms with Crippen LogP contribution in [-0.2, 0) is 9.59 Å². The van der Waals surface area contributed by atoms with Crippen LogP contribution in [0.2, 0.25) is 0 Å². The molecule has 1 amide bonds. The Morgan fingerprint density at radius 1 is 0.840 bits per heavy atom. The van der Waals surface area contributed by atoms with Gasteiger partial charge in [0.1, 0.15) is 6.04 Å². The zero-order chi connectivity index (χ0) is 21.2. The standard InChI is InChI=1S/C5H7NO3.2C4H10.2CH2O3/c7-4-2-1-3(6-4)5(8)9;2*1-4(2)3;2*2-1(3)4/h3H,1-2H2,(H,6,7)(H,8,9);2*4H,1-3H3;2*(H2,2,3,4). The molecule has 1 fully saturated rings. The quantitative estimate of drug-likeness (QED) is 0.404. The fourth-order valence-corrected chi connectivity index (χ4v) is 0.799. The molecule has 0 saturated carbocycles. The van der Waals surface area contributed by atoms with Gasteiger partial charge in [0, 0.05) is 6.42 Å². The summed E-state index contributed by atoms with van der Waals surface area (Å²) >= 11 is 0. The molecule has 0 bridgehead atoms. The lowest BCUT2D eigenvalue weighted by Crippen LogP contribution is -2.32. The van der Waals surface area contributed by atoms with Gasteiger partial charge in [-0.15, -0.1) is 0 Å². The first kappa shape index (κ1) is 30.4. The molecular weight excluding hydrogens is 338 g/mol. The fourth-order valence-electron chi connectivity index (χ4n) is 0.799. The molecule has 25 heavy (non-hydrogen) atoms. The average Bonchev–Trinajstić information content (AvgIpc) is 2.72. The third-order valence-corrected chi connectivity index (χ3v) is 1.29. The van der Waals surface area contributed by atoms with E-state index in [4.69, 9.17) is 35.1 Å². The third-order valence-electron chi connectivity index (χ3n) is 1.29. The van der Waals surface area contributed by atoms with Gasteiger partial charge >= 0.3 is 18.3 Å². The smallest absolute Gasteiger partial charge is 0.480 e. The second-order valence-corrected chi connectivity index (χ2v) is 6.03. The van der Waals surface area contributed by atoms with Gasteiger partial charge in [-0.25, -0.2) is 14.4 Å². The van der Waals surface area contributed by atoms with Crippen molar-refractivity contribution in [3.8, 4) is 0 Å². The van der Waals surface area contributed by atoms with E-state index in [-0.39, 0.29) is 5.91 Å². The Morgan fingerprint density at radius 3 is 1.16 bits per heavy atom. The molecule has 0 aromatic carbocycles. The van der Waals surface area contributed by atoms with Crippen molar-refractivity contribution in [2.45, 2.75) is 60.4 Å². The summed E-state index contributed by atoms with van der Waals surface area (Å²) < 4.78 is 0. The minimum atomic E-state index is -1.83. The third kappa shape index (κ3) is 74.2. The molecule has 1 rings (SSSR count). The van der Waals surface area contributed by atoms with Crippen molar-refractivity contribution in [2.75, 3.05) is 0 Å². The van der Waals surface area contributed by atoms with Crippen LogP contribution in [0.4, 0.5) is 9.59 Å². The molecule has 1 atom stereocenters. The number of carboxylic acids is 1. The summed E-state index contributed by atoms with van der Waals surface area (Å²) in [6, 6.07) is -0.641. The molecule has 0 spiro atoms. The number of aliphatic carboxylic acids is 1. The normalized spacial score (nSPS) is 14.1. The zero-order valence-electron chi connectivity index (χ0n) is 15.5. The first-order valence-corrected chi connectivity index (χ1v) is 7.49. The Morgan fingerprint density at radius 2 is 1.08 bits per heavy atom. The van der Waals surface area contributed by atoms with E-state index in [1.165, 1.54) is 0 Å². The molecule has 1 heterocycles. The first-order chi connectivity index (χ1) is 11.1. The van der Waals surface area contributed by atoms with Crippen LogP contribution < -0.4 is 5.32 Å². The molecule has 1 saturated heterocycles. The summed E-state index contributed by atoms with van der Waals surface area (Å²) in [4.78, 5) is 37.6. The van der Waals surface area contributed by atoms with E-state index in [2.05, 4.69) is 46.9 Å². The van der Waals surface area contributed by atoms with Crippen molar-refractivity contribution in [3.05, 3.63) is 0 Å². The molecule has 1 aliphatic heterocycles. The topological polar surface area (TPSA) is 181 Å². The Balaban J connectivity index is -0.000000119. The van der Waals surface area contributed by atoms with Gasteiger partial charge in [0.2, 0.25) is 5.91 Å². The van der Waals surface area contributed by atoms with Crippen molar-refractivity contribution in [1.82, 2.24) is 5.32 Å². The second kappa shape index (κ2) is 19.5. The average molecular weight is 369 g/mol. The number of carbonyl (C=O) groups excluding carboxylic acids is 1. The lowest BCUT2D eigenvalue weighted by atomic mass is 10.2. The zero-order valence-corrected chi connectivity index (χ0v) is 15.5. The highest BCUT2D eigenvalue weighted by molar-refractivity contribution is 5.87. The van der Waals surface area contributed by atoms with Gasteiger partial charge in [-0.2, -0.15) is 0 Å². The fraction of sp³-hybridized carbons (Fsp3) is 0.733. The van der Waals surface area contributed by atoms with E-state index in [1.807, 2.05) is 0 Å². The highest BCUT2D eigenvalue weighted by atomic mass is 16.6. The van der Waals surface area contributed by atoms with E-state index in [0.717, 1.165) is 11.8 Å². The Bertz CT molecular complexity index is 350. The van der Waals surface area contributed by atoms with Crippen LogP contribution in [0.25, 0.3) is 0 Å². The van der Waals surface area contributed by atoms with Crippen LogP contribution in [0.3, 0.4) is 0 Å². The molecule has 10 nitrogen and oxygen atoms in total. The summed E-state index contributed by atoms with van der Waals surface area (Å²) in [5, 5.41) is 38.5. The van der Waals surface area contributed by atoms with Gasteiger partial charge in [0.05, 0.1) is 0 Å². The maximum atomic E-state index is 10.4. The number of rotatable bonds is 1. The predicted molar refractivity (Wildman–Crippen MR) is 91.1 cm³/mol. The summed E-state index contributed by atoms with van der Waals surface area (Å²) in [5.41, 5.74) is 0. The van der Waals surface area contributed by atoms with Crippen molar-refractivity contribution >= 4 is 24.2 Å². The van der Waals surface area contributed by atoms with Crippen molar-refractivity contribution in [1.29, 1.82) is 0 Å². The van der Waals surface area contributed by atoms with Gasteiger partial charge in [-0.1, -0.05) is 41.5 Å². The largest absolute Gasteiger partial charge is 0.503 e. The van der Waals surface area contributed by atoms with Crippen LogP contribution in [0.15, 0.2) is 0 Å². The van der Waals surface area contributed by atoms with Crippen molar-refractivity contribution in [2.24, 2.45) is 11.8 Å². The van der Waals surface area contributed by atoms with E-state index in [0.29, 0.717) is 12.8 Å². The number of hydrogen-bond acceptors (Lipinski definition) is 4. The molecule has 1 unspecified atom stereocenters. The molecule has 0 aromatic rings. The monoisotopic (exact) mass is 369 g/mol. The number of nitrogens with one attached hydrogen (secondary N) is 1. The number of carbonyl (C=O) groups is 4. The molecule has 0 aliphatic carbocycles. The Hall–Kier alpha value is -2.52. The lowest BCUT2D eigenvalue weighted by Gasteiger charge is -1.99. The summed E-state index contributed by atoms with van der Waals surface area (Å²) in [6.45, 7) is 13.0. The molecule has 0 aromatic heterocycles. The van der Waals surface area contributed by atoms with Crippen LogP contribution in [0.5, 0.6) is 0 Å². The van der Waals surface area contributed by atoms with Gasteiger partial charge in [-0.05, 0) is 18.3 Å². The van der Waals surface area contributed by atoms with E-state index in [9.17, 15) is 9.59 Å². The van der Waals surface area contributed by atoms with Crippen LogP contribution in [0, 0.1) is 11.8 Å². The second-order valence-electron chi connectivity index (χ2n) is 6.03. The maximum absolute atomic E-state index is 10.4. The molecule has 6 N–H and O–H groups in total. The first-order valence-electron chi connectivity index (χ1n) is 7.49. The van der Waals surface area contributed by atoms with Crippen LogP contribution >= 0.6 is 0 Å². The summed E-state index contributed by atoms with van der Waals surface area (Å²) in [6.07, 6.45) is -2.90. The van der Waals surface area contributed by atoms with Gasteiger partial charge in [-0.3, -0.25) is 4.79 Å². The Labute approximate surface area is 147 Å². The van der Waals surface area contributed by atoms with Gasteiger partial charge in [0.25, 0.3) is 0 Å². The number of hydrogen-bond donors (Lipinski definition) is 6. The minimum absolute atomic E-state index is 0.164. The van der Waals surface area contributed by atoms with E-state index < -0.39 is 24.3 Å². The molecule has 10 heteroatoms. The molecular formula is C15H31NO9. The molecule has 150 valence electrons. The van der Waals surface area contributed by atoms with Gasteiger partial charge in [0.15, 0.2) is 0 Å². The predicted octanol–water partition coefficient (Wildman–Crippen LogP) is 3.12. The summed E-state index contributed by atoms with van der Waals surface area (Å²) in [7, 11) is 0. The number of carboxylic acid groups (broad SMARTS) is 5. The van der Waals surface area contributed by atoms with E-state index in [1.54, 1.807) is 0 Å².